The molecule has 0 radical (unpaired) electrons. The lowest BCUT2D eigenvalue weighted by Crippen LogP contribution is -2.55. The summed E-state index contributed by atoms with van der Waals surface area (Å²) >= 11 is 0. The van der Waals surface area contributed by atoms with Crippen molar-refractivity contribution in [2.45, 2.75) is 33.2 Å². The van der Waals surface area contributed by atoms with E-state index in [0.29, 0.717) is 31.8 Å². The van der Waals surface area contributed by atoms with Gasteiger partial charge in [-0.2, -0.15) is 4.58 Å². The Bertz CT molecular complexity index is 1390. The van der Waals surface area contributed by atoms with Crippen molar-refractivity contribution in [3.8, 4) is 5.75 Å². The summed E-state index contributed by atoms with van der Waals surface area (Å²) in [4.78, 5) is 34.9. The van der Waals surface area contributed by atoms with Gasteiger partial charge in [-0.1, -0.05) is 26.0 Å². The molecule has 3 heterocycles. The van der Waals surface area contributed by atoms with E-state index in [0.717, 1.165) is 34.0 Å². The summed E-state index contributed by atoms with van der Waals surface area (Å²) < 4.78 is 20.6. The van der Waals surface area contributed by atoms with Gasteiger partial charge in [0.1, 0.15) is 17.3 Å². The van der Waals surface area contributed by atoms with E-state index in [9.17, 15) is 14.0 Å². The van der Waals surface area contributed by atoms with Crippen LogP contribution < -0.4 is 4.74 Å². The van der Waals surface area contributed by atoms with Crippen molar-refractivity contribution in [3.05, 3.63) is 89.0 Å². The molecular weight excluding hydrogens is 483 g/mol. The SMILES string of the molecule is COc1ccc(CC(=O)N2CCN(C(=O)C3=C[N+]4=C(c5ccc(F)cc5)C=C(C(C)C)C4=N3)CC2C)cc1. The topological polar surface area (TPSA) is 65.2 Å². The molecule has 2 aromatic carbocycles. The fourth-order valence-electron chi connectivity index (χ4n) is 5.11. The predicted molar refractivity (Wildman–Crippen MR) is 144 cm³/mol. The number of hydrogen-bond donors (Lipinski definition) is 0. The van der Waals surface area contributed by atoms with Crippen LogP contribution in [0, 0.1) is 11.7 Å². The largest absolute Gasteiger partial charge is 0.497 e. The maximum absolute atomic E-state index is 13.5. The molecule has 1 atom stereocenters. The number of benzene rings is 2. The summed E-state index contributed by atoms with van der Waals surface area (Å²) in [6, 6.07) is 13.7. The Morgan fingerprint density at radius 2 is 1.82 bits per heavy atom. The molecule has 0 N–H and O–H groups in total. The minimum atomic E-state index is -0.294. The van der Waals surface area contributed by atoms with Gasteiger partial charge in [0.05, 0.1) is 19.1 Å². The average Bonchev–Trinajstić information content (AvgIpc) is 3.49. The number of amidine groups is 1. The first-order chi connectivity index (χ1) is 18.2. The Kier molecular flexibility index (Phi) is 6.97. The molecule has 38 heavy (non-hydrogen) atoms. The molecule has 1 saturated heterocycles. The third kappa shape index (κ3) is 4.90. The van der Waals surface area contributed by atoms with Crippen molar-refractivity contribution in [1.82, 2.24) is 9.80 Å². The molecule has 5 rings (SSSR count). The smallest absolute Gasteiger partial charge is 0.332 e. The molecule has 3 aliphatic rings. The van der Waals surface area contributed by atoms with Crippen LogP contribution in [-0.4, -0.2) is 70.5 Å². The van der Waals surface area contributed by atoms with E-state index >= 15 is 0 Å². The normalized spacial score (nSPS) is 18.9. The second-order valence-corrected chi connectivity index (χ2v) is 10.2. The first kappa shape index (κ1) is 25.6. The number of carbonyl (C=O) groups excluding carboxylic acids is 2. The van der Waals surface area contributed by atoms with Crippen LogP contribution in [0.4, 0.5) is 4.39 Å². The van der Waals surface area contributed by atoms with Crippen LogP contribution in [0.2, 0.25) is 0 Å². The van der Waals surface area contributed by atoms with E-state index < -0.39 is 0 Å². The maximum atomic E-state index is 13.5. The fraction of sp³-hybridized carbons (Fsp3) is 0.333. The Morgan fingerprint density at radius 3 is 2.45 bits per heavy atom. The quantitative estimate of drug-likeness (QED) is 0.550. The first-order valence-electron chi connectivity index (χ1n) is 12.9. The Balaban J connectivity index is 1.29. The molecule has 8 heteroatoms. The lowest BCUT2D eigenvalue weighted by molar-refractivity contribution is -0.315. The number of carbonyl (C=O) groups is 2. The summed E-state index contributed by atoms with van der Waals surface area (Å²) in [5, 5.41) is 0. The number of allylic oxidation sites excluding steroid dienone is 1. The highest BCUT2D eigenvalue weighted by Gasteiger charge is 2.41. The van der Waals surface area contributed by atoms with Crippen LogP contribution in [0.3, 0.4) is 0 Å². The molecule has 7 nitrogen and oxygen atoms in total. The third-order valence-electron chi connectivity index (χ3n) is 7.25. The second kappa shape index (κ2) is 10.4. The lowest BCUT2D eigenvalue weighted by atomic mass is 10.0. The molecule has 0 aromatic heterocycles. The van der Waals surface area contributed by atoms with Crippen molar-refractivity contribution in [2.75, 3.05) is 26.7 Å². The maximum Gasteiger partial charge on any atom is 0.332 e. The molecule has 0 saturated carbocycles. The zero-order valence-electron chi connectivity index (χ0n) is 22.1. The Hall–Kier alpha value is -4.07. The van der Waals surface area contributed by atoms with Crippen LogP contribution in [0.15, 0.2) is 77.1 Å². The zero-order valence-corrected chi connectivity index (χ0v) is 22.1. The highest BCUT2D eigenvalue weighted by atomic mass is 19.1. The zero-order chi connectivity index (χ0) is 27.0. The molecule has 0 bridgehead atoms. The van der Waals surface area contributed by atoms with Gasteiger partial charge < -0.3 is 14.5 Å². The van der Waals surface area contributed by atoms with Crippen LogP contribution in [0.25, 0.3) is 0 Å². The van der Waals surface area contributed by atoms with E-state index in [4.69, 9.17) is 9.73 Å². The number of aliphatic imine (C=N–C) groups is 1. The Labute approximate surface area is 222 Å². The standard InChI is InChI=1S/C30H32FN4O3/c1-19(2)25-16-27(22-7-9-23(31)10-8-22)35-18-26(32-29(25)35)30(37)33-13-14-34(20(3)17-33)28(36)15-21-5-11-24(38-4)12-6-21/h5-12,16,18-20H,13-15,17H2,1-4H3/q+1. The van der Waals surface area contributed by atoms with Gasteiger partial charge in [0.15, 0.2) is 6.20 Å². The molecule has 0 aliphatic carbocycles. The number of nitrogens with zero attached hydrogens (tertiary/aromatic N) is 4. The van der Waals surface area contributed by atoms with E-state index in [1.807, 2.05) is 40.7 Å². The molecule has 2 amide bonds. The molecule has 196 valence electrons. The highest BCUT2D eigenvalue weighted by molar-refractivity contribution is 6.18. The summed E-state index contributed by atoms with van der Waals surface area (Å²) in [6.07, 6.45) is 4.14. The summed E-state index contributed by atoms with van der Waals surface area (Å²) in [7, 11) is 1.61. The average molecular weight is 516 g/mol. The minimum Gasteiger partial charge on any atom is -0.497 e. The Morgan fingerprint density at radius 1 is 1.11 bits per heavy atom. The summed E-state index contributed by atoms with van der Waals surface area (Å²) in [5.74, 6) is 1.30. The van der Waals surface area contributed by atoms with E-state index in [1.165, 1.54) is 12.1 Å². The fourth-order valence-corrected chi connectivity index (χ4v) is 5.11. The number of piperazine rings is 1. The number of rotatable bonds is 6. The van der Waals surface area contributed by atoms with Crippen molar-refractivity contribution >= 4 is 23.4 Å². The van der Waals surface area contributed by atoms with Crippen LogP contribution in [0.1, 0.15) is 31.9 Å². The number of amides is 2. The molecule has 0 spiro atoms. The van der Waals surface area contributed by atoms with Crippen LogP contribution >= 0.6 is 0 Å². The van der Waals surface area contributed by atoms with Crippen molar-refractivity contribution in [1.29, 1.82) is 0 Å². The van der Waals surface area contributed by atoms with Crippen LogP contribution in [0.5, 0.6) is 5.75 Å². The van der Waals surface area contributed by atoms with Gasteiger partial charge >= 0.3 is 11.7 Å². The number of halogens is 1. The van der Waals surface area contributed by atoms with Crippen molar-refractivity contribution < 1.29 is 23.3 Å². The summed E-state index contributed by atoms with van der Waals surface area (Å²) in [6.45, 7) is 7.50. The predicted octanol–water partition coefficient (Wildman–Crippen LogP) is 3.79. The van der Waals surface area contributed by atoms with Gasteiger partial charge in [0, 0.05) is 31.2 Å². The minimum absolute atomic E-state index is 0.0426. The molecule has 2 aromatic rings. The van der Waals surface area contributed by atoms with Gasteiger partial charge in [0.25, 0.3) is 5.70 Å². The van der Waals surface area contributed by atoms with Gasteiger partial charge in [-0.3, -0.25) is 9.59 Å². The molecular formula is C30H32FN4O3+. The summed E-state index contributed by atoms with van der Waals surface area (Å²) in [5.41, 5.74) is 4.06. The highest BCUT2D eigenvalue weighted by Crippen LogP contribution is 2.28. The molecule has 1 unspecified atom stereocenters. The lowest BCUT2D eigenvalue weighted by Gasteiger charge is -2.39. The molecule has 1 fully saturated rings. The van der Waals surface area contributed by atoms with Crippen LogP contribution in [-0.2, 0) is 16.0 Å². The number of ether oxygens (including phenoxy) is 1. The van der Waals surface area contributed by atoms with Gasteiger partial charge in [-0.25, -0.2) is 4.39 Å². The van der Waals surface area contributed by atoms with Crippen molar-refractivity contribution in [2.24, 2.45) is 10.9 Å². The second-order valence-electron chi connectivity index (χ2n) is 10.2. The van der Waals surface area contributed by atoms with Gasteiger partial charge in [0.2, 0.25) is 5.91 Å². The number of fused-ring (bicyclic) bond motifs is 1. The molecule has 3 aliphatic heterocycles. The van der Waals surface area contributed by atoms with Gasteiger partial charge in [-0.05, 0) is 65.9 Å². The monoisotopic (exact) mass is 515 g/mol. The first-order valence-corrected chi connectivity index (χ1v) is 12.9. The number of methoxy groups -OCH3 is 1. The third-order valence-corrected chi connectivity index (χ3v) is 7.25. The van der Waals surface area contributed by atoms with Gasteiger partial charge in [-0.15, -0.1) is 0 Å². The van der Waals surface area contributed by atoms with E-state index in [-0.39, 0.29) is 29.6 Å². The van der Waals surface area contributed by atoms with E-state index in [2.05, 4.69) is 19.9 Å². The number of hydrogen-bond acceptors (Lipinski definition) is 4. The van der Waals surface area contributed by atoms with E-state index in [1.54, 1.807) is 30.3 Å². The van der Waals surface area contributed by atoms with Crippen molar-refractivity contribution in [3.63, 3.8) is 0 Å².